The summed E-state index contributed by atoms with van der Waals surface area (Å²) in [4.78, 5) is 22.6. The highest BCUT2D eigenvalue weighted by Crippen LogP contribution is 2.12. The lowest BCUT2D eigenvalue weighted by molar-refractivity contribution is -0.384. The van der Waals surface area contributed by atoms with E-state index in [-0.39, 0.29) is 11.3 Å². The molecule has 6 nitrogen and oxygen atoms in total. The number of non-ortho nitro benzene ring substituents is 1. The van der Waals surface area contributed by atoms with E-state index < -0.39 is 10.8 Å². The van der Waals surface area contributed by atoms with E-state index >= 15 is 0 Å². The van der Waals surface area contributed by atoms with Crippen molar-refractivity contribution in [1.82, 2.24) is 5.43 Å². The van der Waals surface area contributed by atoms with Crippen molar-refractivity contribution in [3.8, 4) is 0 Å². The van der Waals surface area contributed by atoms with Crippen LogP contribution in [-0.4, -0.2) is 17.0 Å². The van der Waals surface area contributed by atoms with Gasteiger partial charge in [-0.3, -0.25) is 14.9 Å². The second-order valence-electron chi connectivity index (χ2n) is 3.52. The third-order valence-corrected chi connectivity index (χ3v) is 3.03. The van der Waals surface area contributed by atoms with Crippen molar-refractivity contribution in [2.75, 3.05) is 0 Å². The van der Waals surface area contributed by atoms with Gasteiger partial charge in [0.2, 0.25) is 0 Å². The molecule has 1 aromatic heterocycles. The van der Waals surface area contributed by atoms with Crippen molar-refractivity contribution in [2.24, 2.45) is 5.10 Å². The molecule has 96 valence electrons. The molecule has 0 atom stereocenters. The topological polar surface area (TPSA) is 84.6 Å². The van der Waals surface area contributed by atoms with Crippen molar-refractivity contribution >= 4 is 29.1 Å². The van der Waals surface area contributed by atoms with E-state index in [4.69, 9.17) is 0 Å². The Balaban J connectivity index is 2.04. The van der Waals surface area contributed by atoms with E-state index in [1.807, 2.05) is 17.5 Å². The second-order valence-corrected chi connectivity index (χ2v) is 4.50. The maximum Gasteiger partial charge on any atom is 0.271 e. The Hall–Kier alpha value is -2.54. The number of carbonyl (C=O) groups is 1. The van der Waals surface area contributed by atoms with Gasteiger partial charge in [0.1, 0.15) is 0 Å². The van der Waals surface area contributed by atoms with Crippen LogP contribution in [-0.2, 0) is 0 Å². The van der Waals surface area contributed by atoms with Gasteiger partial charge in [0.25, 0.3) is 11.6 Å². The number of benzene rings is 1. The first-order valence-electron chi connectivity index (χ1n) is 5.28. The average molecular weight is 275 g/mol. The summed E-state index contributed by atoms with van der Waals surface area (Å²) in [5, 5.41) is 16.3. The molecule has 0 fully saturated rings. The van der Waals surface area contributed by atoms with Crippen molar-refractivity contribution in [1.29, 1.82) is 0 Å². The fourth-order valence-corrected chi connectivity index (χ4v) is 1.93. The zero-order chi connectivity index (χ0) is 13.7. The molecule has 0 spiro atoms. The Labute approximate surface area is 112 Å². The van der Waals surface area contributed by atoms with E-state index in [1.165, 1.54) is 41.8 Å². The van der Waals surface area contributed by atoms with E-state index in [0.717, 1.165) is 4.88 Å². The van der Waals surface area contributed by atoms with Gasteiger partial charge in [-0.1, -0.05) is 12.1 Å². The van der Waals surface area contributed by atoms with Crippen molar-refractivity contribution < 1.29 is 9.72 Å². The molecule has 7 heteroatoms. The van der Waals surface area contributed by atoms with Crippen molar-refractivity contribution in [3.63, 3.8) is 0 Å². The van der Waals surface area contributed by atoms with Crippen LogP contribution in [0, 0.1) is 10.1 Å². The van der Waals surface area contributed by atoms with Gasteiger partial charge in [0.15, 0.2) is 0 Å². The first-order valence-corrected chi connectivity index (χ1v) is 6.16. The van der Waals surface area contributed by atoms with Gasteiger partial charge in [0.05, 0.1) is 11.1 Å². The summed E-state index contributed by atoms with van der Waals surface area (Å²) in [5.41, 5.74) is 2.38. The highest BCUT2D eigenvalue weighted by molar-refractivity contribution is 7.11. The maximum absolute atomic E-state index is 11.7. The number of thiophene rings is 1. The molecular formula is C12H9N3O3S. The smallest absolute Gasteiger partial charge is 0.267 e. The lowest BCUT2D eigenvalue weighted by Crippen LogP contribution is -2.17. The first kappa shape index (κ1) is 12.9. The molecular weight excluding hydrogens is 266 g/mol. The molecule has 1 amide bonds. The Morgan fingerprint density at radius 3 is 2.89 bits per heavy atom. The first-order chi connectivity index (χ1) is 9.16. The van der Waals surface area contributed by atoms with Gasteiger partial charge in [-0.2, -0.15) is 5.10 Å². The Bertz CT molecular complexity index is 623. The number of amides is 1. The number of nitro benzene ring substituents is 1. The fraction of sp³-hybridized carbons (Fsp3) is 0. The third-order valence-electron chi connectivity index (χ3n) is 2.22. The molecule has 2 rings (SSSR count). The van der Waals surface area contributed by atoms with Crippen LogP contribution >= 0.6 is 11.3 Å². The molecule has 0 aliphatic rings. The summed E-state index contributed by atoms with van der Waals surface area (Å²) >= 11 is 1.49. The summed E-state index contributed by atoms with van der Waals surface area (Å²) in [6.45, 7) is 0. The van der Waals surface area contributed by atoms with Crippen LogP contribution in [0.15, 0.2) is 46.9 Å². The standard InChI is InChI=1S/C12H9N3O3S/c16-12(14-13-8-11-5-2-6-19-11)9-3-1-4-10(7-9)15(17)18/h1-8H,(H,14,16)/b13-8+. The quantitative estimate of drug-likeness (QED) is 0.528. The van der Waals surface area contributed by atoms with Crippen molar-refractivity contribution in [2.45, 2.75) is 0 Å². The lowest BCUT2D eigenvalue weighted by Gasteiger charge is -1.99. The number of nitrogens with one attached hydrogen (secondary N) is 1. The largest absolute Gasteiger partial charge is 0.271 e. The predicted molar refractivity (Wildman–Crippen MR) is 72.5 cm³/mol. The van der Waals surface area contributed by atoms with E-state index in [0.29, 0.717) is 0 Å². The van der Waals surface area contributed by atoms with Crippen LogP contribution in [0.25, 0.3) is 0 Å². The number of nitrogens with zero attached hydrogens (tertiary/aromatic N) is 2. The molecule has 0 saturated heterocycles. The summed E-state index contributed by atoms with van der Waals surface area (Å²) in [7, 11) is 0. The Morgan fingerprint density at radius 2 is 2.21 bits per heavy atom. The minimum atomic E-state index is -0.550. The van der Waals surface area contributed by atoms with Crippen LogP contribution in [0.3, 0.4) is 0 Å². The number of nitro groups is 1. The summed E-state index contributed by atoms with van der Waals surface area (Å²) in [6, 6.07) is 9.20. The SMILES string of the molecule is O=C(N/N=C/c1cccs1)c1cccc([N+](=O)[O-])c1. The number of rotatable bonds is 4. The molecule has 0 saturated carbocycles. The van der Waals surface area contributed by atoms with E-state index in [9.17, 15) is 14.9 Å². The Morgan fingerprint density at radius 1 is 1.37 bits per heavy atom. The highest BCUT2D eigenvalue weighted by atomic mass is 32.1. The fourth-order valence-electron chi connectivity index (χ4n) is 1.34. The van der Waals surface area contributed by atoms with Gasteiger partial charge in [-0.05, 0) is 17.5 Å². The molecule has 19 heavy (non-hydrogen) atoms. The molecule has 0 unspecified atom stereocenters. The van der Waals surface area contributed by atoms with Crippen LogP contribution in [0.1, 0.15) is 15.2 Å². The molecule has 1 N–H and O–H groups in total. The minimum absolute atomic E-state index is 0.130. The minimum Gasteiger partial charge on any atom is -0.267 e. The number of carbonyl (C=O) groups excluding carboxylic acids is 1. The van der Waals surface area contributed by atoms with Crippen LogP contribution < -0.4 is 5.43 Å². The van der Waals surface area contributed by atoms with Crippen molar-refractivity contribution in [3.05, 3.63) is 62.3 Å². The van der Waals surface area contributed by atoms with Gasteiger partial charge in [-0.15, -0.1) is 11.3 Å². The molecule has 2 aromatic rings. The van der Waals surface area contributed by atoms with Gasteiger partial charge in [-0.25, -0.2) is 5.43 Å². The monoisotopic (exact) mass is 275 g/mol. The van der Waals surface area contributed by atoms with Gasteiger partial charge in [0, 0.05) is 22.6 Å². The normalized spacial score (nSPS) is 10.5. The van der Waals surface area contributed by atoms with Crippen LogP contribution in [0.2, 0.25) is 0 Å². The second kappa shape index (κ2) is 5.87. The number of hydrogen-bond donors (Lipinski definition) is 1. The number of hydrazone groups is 1. The van der Waals surface area contributed by atoms with Crippen LogP contribution in [0.5, 0.6) is 0 Å². The van der Waals surface area contributed by atoms with E-state index in [1.54, 1.807) is 0 Å². The Kier molecular flexibility index (Phi) is 3.99. The van der Waals surface area contributed by atoms with Gasteiger partial charge >= 0.3 is 0 Å². The molecule has 1 heterocycles. The van der Waals surface area contributed by atoms with E-state index in [2.05, 4.69) is 10.5 Å². The molecule has 0 aliphatic carbocycles. The predicted octanol–water partition coefficient (Wildman–Crippen LogP) is 2.42. The molecule has 0 aliphatic heterocycles. The lowest BCUT2D eigenvalue weighted by atomic mass is 10.2. The molecule has 0 radical (unpaired) electrons. The highest BCUT2D eigenvalue weighted by Gasteiger charge is 2.10. The molecule has 0 bridgehead atoms. The average Bonchev–Trinajstić information content (AvgIpc) is 2.92. The summed E-state index contributed by atoms with van der Waals surface area (Å²) < 4.78 is 0. The summed E-state index contributed by atoms with van der Waals surface area (Å²) in [5.74, 6) is -0.489. The number of hydrogen-bond acceptors (Lipinski definition) is 5. The van der Waals surface area contributed by atoms with Crippen LogP contribution in [0.4, 0.5) is 5.69 Å². The molecule has 1 aromatic carbocycles. The maximum atomic E-state index is 11.7. The zero-order valence-electron chi connectivity index (χ0n) is 9.65. The zero-order valence-corrected chi connectivity index (χ0v) is 10.5. The third kappa shape index (κ3) is 3.46. The summed E-state index contributed by atoms with van der Waals surface area (Å²) in [6.07, 6.45) is 1.51. The van der Waals surface area contributed by atoms with Gasteiger partial charge < -0.3 is 0 Å².